The molecule has 3 heteroatoms. The van der Waals surface area contributed by atoms with Crippen LogP contribution in [0.4, 0.5) is 5.69 Å². The van der Waals surface area contributed by atoms with Gasteiger partial charge >= 0.3 is 0 Å². The fourth-order valence-electron chi connectivity index (χ4n) is 2.34. The summed E-state index contributed by atoms with van der Waals surface area (Å²) < 4.78 is 0. The van der Waals surface area contributed by atoms with Gasteiger partial charge in [-0.15, -0.1) is 11.3 Å². The Labute approximate surface area is 117 Å². The third kappa shape index (κ3) is 2.64. The molecule has 0 N–H and O–H groups in total. The quantitative estimate of drug-likeness (QED) is 0.834. The lowest BCUT2D eigenvalue weighted by atomic mass is 10.1. The largest absolute Gasteiger partial charge is 0.363 e. The first kappa shape index (κ1) is 12.3. The highest BCUT2D eigenvalue weighted by Gasteiger charge is 2.29. The molecular formula is C16H16N2S. The number of rotatable bonds is 4. The van der Waals surface area contributed by atoms with Crippen LogP contribution in [-0.2, 0) is 6.54 Å². The van der Waals surface area contributed by atoms with Gasteiger partial charge in [0.1, 0.15) is 0 Å². The van der Waals surface area contributed by atoms with Crippen molar-refractivity contribution in [1.29, 1.82) is 5.26 Å². The minimum Gasteiger partial charge on any atom is -0.363 e. The van der Waals surface area contributed by atoms with Gasteiger partial charge in [0.15, 0.2) is 0 Å². The summed E-state index contributed by atoms with van der Waals surface area (Å²) in [4.78, 5) is 3.87. The zero-order valence-corrected chi connectivity index (χ0v) is 11.8. The van der Waals surface area contributed by atoms with E-state index < -0.39 is 0 Å². The van der Waals surface area contributed by atoms with Crippen LogP contribution in [0.5, 0.6) is 0 Å². The summed E-state index contributed by atoms with van der Waals surface area (Å²) in [5.41, 5.74) is 3.08. The highest BCUT2D eigenvalue weighted by molar-refractivity contribution is 7.09. The predicted molar refractivity (Wildman–Crippen MR) is 79.4 cm³/mol. The lowest BCUT2D eigenvalue weighted by Crippen LogP contribution is -2.24. The number of hydrogen-bond donors (Lipinski definition) is 0. The zero-order valence-electron chi connectivity index (χ0n) is 11.0. The molecular weight excluding hydrogens is 252 g/mol. The molecule has 96 valence electrons. The maximum atomic E-state index is 9.01. The molecule has 0 amide bonds. The van der Waals surface area contributed by atoms with Gasteiger partial charge < -0.3 is 4.90 Å². The van der Waals surface area contributed by atoms with E-state index in [2.05, 4.69) is 40.6 Å². The van der Waals surface area contributed by atoms with Crippen molar-refractivity contribution in [3.05, 3.63) is 51.7 Å². The number of nitriles is 1. The Bertz CT molecular complexity index is 606. The van der Waals surface area contributed by atoms with Crippen LogP contribution in [0.2, 0.25) is 0 Å². The van der Waals surface area contributed by atoms with E-state index in [9.17, 15) is 0 Å². The monoisotopic (exact) mass is 268 g/mol. The van der Waals surface area contributed by atoms with Crippen LogP contribution >= 0.6 is 11.3 Å². The van der Waals surface area contributed by atoms with E-state index in [1.165, 1.54) is 23.4 Å². The minimum atomic E-state index is 0.675. The van der Waals surface area contributed by atoms with Crippen molar-refractivity contribution in [2.45, 2.75) is 32.4 Å². The van der Waals surface area contributed by atoms with Crippen LogP contribution in [0.25, 0.3) is 0 Å². The first-order valence-corrected chi connectivity index (χ1v) is 7.45. The summed E-state index contributed by atoms with van der Waals surface area (Å²) in [5, 5.41) is 11.1. The van der Waals surface area contributed by atoms with Crippen molar-refractivity contribution >= 4 is 17.0 Å². The Morgan fingerprint density at radius 3 is 2.79 bits per heavy atom. The van der Waals surface area contributed by atoms with Crippen molar-refractivity contribution in [1.82, 2.24) is 0 Å². The third-order valence-electron chi connectivity index (χ3n) is 3.56. The molecule has 1 saturated carbocycles. The summed E-state index contributed by atoms with van der Waals surface area (Å²) >= 11 is 1.81. The van der Waals surface area contributed by atoms with E-state index >= 15 is 0 Å². The van der Waals surface area contributed by atoms with E-state index in [1.807, 2.05) is 24.3 Å². The maximum Gasteiger partial charge on any atom is 0.0994 e. The van der Waals surface area contributed by atoms with E-state index in [1.54, 1.807) is 0 Å². The molecule has 0 unspecified atom stereocenters. The van der Waals surface area contributed by atoms with E-state index in [4.69, 9.17) is 5.26 Å². The van der Waals surface area contributed by atoms with Gasteiger partial charge in [-0.3, -0.25) is 0 Å². The zero-order chi connectivity index (χ0) is 13.2. The predicted octanol–water partition coefficient (Wildman–Crippen LogP) is 4.10. The number of anilines is 1. The van der Waals surface area contributed by atoms with E-state index in [0.29, 0.717) is 6.04 Å². The van der Waals surface area contributed by atoms with Gasteiger partial charge in [0.2, 0.25) is 0 Å². The number of benzene rings is 1. The van der Waals surface area contributed by atoms with Crippen LogP contribution in [0.3, 0.4) is 0 Å². The van der Waals surface area contributed by atoms with Crippen LogP contribution < -0.4 is 4.90 Å². The molecule has 2 nitrogen and oxygen atoms in total. The molecule has 0 aliphatic heterocycles. The summed E-state index contributed by atoms with van der Waals surface area (Å²) in [5.74, 6) is 0. The minimum absolute atomic E-state index is 0.675. The molecule has 1 aromatic heterocycles. The van der Waals surface area contributed by atoms with Gasteiger partial charge in [-0.1, -0.05) is 6.07 Å². The highest BCUT2D eigenvalue weighted by Crippen LogP contribution is 2.34. The smallest absolute Gasteiger partial charge is 0.0994 e. The van der Waals surface area contributed by atoms with Gasteiger partial charge in [-0.2, -0.15) is 5.26 Å². The molecule has 3 rings (SSSR count). The topological polar surface area (TPSA) is 27.0 Å². The molecule has 1 fully saturated rings. The molecule has 0 bridgehead atoms. The molecule has 1 heterocycles. The molecule has 1 aliphatic carbocycles. The van der Waals surface area contributed by atoms with Gasteiger partial charge in [0.25, 0.3) is 0 Å². The van der Waals surface area contributed by atoms with Crippen molar-refractivity contribution in [3.8, 4) is 6.07 Å². The lowest BCUT2D eigenvalue weighted by Gasteiger charge is -2.24. The second kappa shape index (κ2) is 5.07. The second-order valence-corrected chi connectivity index (χ2v) is 6.08. The summed E-state index contributed by atoms with van der Waals surface area (Å²) in [6.45, 7) is 2.99. The maximum absolute atomic E-state index is 9.01. The summed E-state index contributed by atoms with van der Waals surface area (Å²) in [6.07, 6.45) is 2.56. The molecule has 19 heavy (non-hydrogen) atoms. The molecule has 0 spiro atoms. The average Bonchev–Trinajstić information content (AvgIpc) is 3.13. The van der Waals surface area contributed by atoms with Crippen molar-refractivity contribution in [2.75, 3.05) is 4.90 Å². The van der Waals surface area contributed by atoms with Crippen LogP contribution in [0.1, 0.15) is 28.8 Å². The first-order valence-electron chi connectivity index (χ1n) is 6.57. The Balaban J connectivity index is 1.88. The summed E-state index contributed by atoms with van der Waals surface area (Å²) in [6, 6.07) is 13.4. The number of hydrogen-bond acceptors (Lipinski definition) is 3. The molecule has 1 aliphatic rings. The molecule has 1 aromatic carbocycles. The van der Waals surface area contributed by atoms with Crippen molar-refractivity contribution in [3.63, 3.8) is 0 Å². The van der Waals surface area contributed by atoms with E-state index in [-0.39, 0.29) is 0 Å². The Kier molecular flexibility index (Phi) is 3.27. The van der Waals surface area contributed by atoms with Crippen LogP contribution in [0.15, 0.2) is 35.7 Å². The second-order valence-electron chi connectivity index (χ2n) is 5.05. The molecule has 2 aromatic rings. The number of aryl methyl sites for hydroxylation is 1. The average molecular weight is 268 g/mol. The Hall–Kier alpha value is -1.79. The molecule has 0 radical (unpaired) electrons. The third-order valence-corrected chi connectivity index (χ3v) is 4.42. The van der Waals surface area contributed by atoms with Crippen molar-refractivity contribution < 1.29 is 0 Å². The number of thiophene rings is 1. The normalized spacial score (nSPS) is 14.1. The fourth-order valence-corrected chi connectivity index (χ4v) is 3.04. The molecule has 0 atom stereocenters. The van der Waals surface area contributed by atoms with Gasteiger partial charge in [0, 0.05) is 16.6 Å². The first-order chi connectivity index (χ1) is 9.28. The van der Waals surface area contributed by atoms with E-state index in [0.717, 1.165) is 17.7 Å². The standard InChI is InChI=1S/C16H16N2S/c1-12-9-15(5-4-13(12)10-17)18(14-6-7-14)11-16-3-2-8-19-16/h2-5,8-9,14H,6-7,11H2,1H3. The van der Waals surface area contributed by atoms with Crippen LogP contribution in [0, 0.1) is 18.3 Å². The highest BCUT2D eigenvalue weighted by atomic mass is 32.1. The van der Waals surface area contributed by atoms with Gasteiger partial charge in [-0.25, -0.2) is 0 Å². The Morgan fingerprint density at radius 2 is 2.21 bits per heavy atom. The van der Waals surface area contributed by atoms with Gasteiger partial charge in [-0.05, 0) is 55.0 Å². The van der Waals surface area contributed by atoms with Crippen molar-refractivity contribution in [2.24, 2.45) is 0 Å². The Morgan fingerprint density at radius 1 is 1.37 bits per heavy atom. The molecule has 0 saturated heterocycles. The SMILES string of the molecule is Cc1cc(N(Cc2cccs2)C2CC2)ccc1C#N. The van der Waals surface area contributed by atoms with Crippen LogP contribution in [-0.4, -0.2) is 6.04 Å². The lowest BCUT2D eigenvalue weighted by molar-refractivity contribution is 0.803. The summed E-state index contributed by atoms with van der Waals surface area (Å²) in [7, 11) is 0. The fraction of sp³-hybridized carbons (Fsp3) is 0.312. The number of nitrogens with zero attached hydrogens (tertiary/aromatic N) is 2. The van der Waals surface area contributed by atoms with Gasteiger partial charge in [0.05, 0.1) is 18.2 Å².